The van der Waals surface area contributed by atoms with E-state index in [0.29, 0.717) is 24.3 Å². The number of carbonyl (C=O) groups is 2. The van der Waals surface area contributed by atoms with Gasteiger partial charge in [0.1, 0.15) is 11.6 Å². The zero-order valence-electron chi connectivity index (χ0n) is 15.7. The number of benzene rings is 1. The molecule has 0 unspecified atom stereocenters. The Labute approximate surface area is 159 Å². The maximum Gasteiger partial charge on any atom is 0.260 e. The van der Waals surface area contributed by atoms with Crippen molar-refractivity contribution >= 4 is 11.8 Å². The Kier molecular flexibility index (Phi) is 6.46. The average Bonchev–Trinajstić information content (AvgIpc) is 3.12. The van der Waals surface area contributed by atoms with E-state index >= 15 is 0 Å². The molecule has 1 N–H and O–H groups in total. The van der Waals surface area contributed by atoms with Gasteiger partial charge in [-0.15, -0.1) is 0 Å². The van der Waals surface area contributed by atoms with Crippen LogP contribution in [-0.2, 0) is 18.3 Å². The van der Waals surface area contributed by atoms with Crippen LogP contribution >= 0.6 is 0 Å². The lowest BCUT2D eigenvalue weighted by Gasteiger charge is -2.26. The Morgan fingerprint density at radius 3 is 2.56 bits per heavy atom. The molecule has 1 aromatic heterocycles. The van der Waals surface area contributed by atoms with Crippen LogP contribution in [0, 0.1) is 0 Å². The summed E-state index contributed by atoms with van der Waals surface area (Å²) in [6.45, 7) is 2.20. The summed E-state index contributed by atoms with van der Waals surface area (Å²) in [6, 6.07) is 6.85. The molecule has 2 heterocycles. The van der Waals surface area contributed by atoms with E-state index in [0.717, 1.165) is 31.8 Å². The highest BCUT2D eigenvalue weighted by molar-refractivity contribution is 5.94. The molecule has 1 aromatic carbocycles. The summed E-state index contributed by atoms with van der Waals surface area (Å²) in [7, 11) is 1.93. The van der Waals surface area contributed by atoms with Crippen molar-refractivity contribution in [3.63, 3.8) is 0 Å². The lowest BCUT2D eigenvalue weighted by molar-refractivity contribution is -0.134. The zero-order chi connectivity index (χ0) is 19.1. The molecule has 0 saturated carbocycles. The number of piperidine rings is 1. The van der Waals surface area contributed by atoms with Crippen molar-refractivity contribution in [1.29, 1.82) is 0 Å². The number of likely N-dealkylation sites (tertiary alicyclic amines) is 1. The zero-order valence-corrected chi connectivity index (χ0v) is 15.7. The Balaban J connectivity index is 1.42. The smallest absolute Gasteiger partial charge is 0.260 e. The van der Waals surface area contributed by atoms with Gasteiger partial charge in [-0.3, -0.25) is 9.59 Å². The summed E-state index contributed by atoms with van der Waals surface area (Å²) in [4.78, 5) is 30.4. The van der Waals surface area contributed by atoms with Crippen LogP contribution in [0.4, 0.5) is 0 Å². The molecule has 27 heavy (non-hydrogen) atoms. The standard InChI is InChI=1S/C20H26N4O3/c1-23-14-11-21-18(23)9-10-22-20(26)16-5-7-17(8-6-16)27-15-19(25)24-12-3-2-4-13-24/h5-8,11,14H,2-4,9-10,12-13,15H2,1H3,(H,22,26). The summed E-state index contributed by atoms with van der Waals surface area (Å²) in [5, 5.41) is 2.88. The number of amides is 2. The normalized spacial score (nSPS) is 14.0. The van der Waals surface area contributed by atoms with Gasteiger partial charge in [-0.05, 0) is 43.5 Å². The van der Waals surface area contributed by atoms with E-state index in [-0.39, 0.29) is 18.4 Å². The Hall–Kier alpha value is -2.83. The summed E-state index contributed by atoms with van der Waals surface area (Å²) < 4.78 is 7.50. The fourth-order valence-electron chi connectivity index (χ4n) is 3.11. The second-order valence-corrected chi connectivity index (χ2v) is 6.71. The van der Waals surface area contributed by atoms with Gasteiger partial charge in [0, 0.05) is 51.1 Å². The van der Waals surface area contributed by atoms with E-state index in [4.69, 9.17) is 4.74 Å². The summed E-state index contributed by atoms with van der Waals surface area (Å²) in [5.41, 5.74) is 0.560. The molecule has 0 bridgehead atoms. The topological polar surface area (TPSA) is 76.5 Å². The van der Waals surface area contributed by atoms with E-state index < -0.39 is 0 Å². The summed E-state index contributed by atoms with van der Waals surface area (Å²) in [5.74, 6) is 1.40. The minimum atomic E-state index is -0.139. The molecule has 1 aliphatic heterocycles. The molecule has 1 aliphatic rings. The van der Waals surface area contributed by atoms with Gasteiger partial charge < -0.3 is 19.5 Å². The average molecular weight is 370 g/mol. The number of aromatic nitrogens is 2. The number of ether oxygens (including phenoxy) is 1. The first-order valence-corrected chi connectivity index (χ1v) is 9.38. The first-order valence-electron chi connectivity index (χ1n) is 9.38. The second-order valence-electron chi connectivity index (χ2n) is 6.71. The highest BCUT2D eigenvalue weighted by Crippen LogP contribution is 2.14. The second kappa shape index (κ2) is 9.21. The van der Waals surface area contributed by atoms with Crippen molar-refractivity contribution in [3.05, 3.63) is 48.0 Å². The molecule has 0 spiro atoms. The largest absolute Gasteiger partial charge is 0.484 e. The van der Waals surface area contributed by atoms with E-state index in [1.807, 2.05) is 22.7 Å². The molecule has 0 aliphatic carbocycles. The van der Waals surface area contributed by atoms with Crippen molar-refractivity contribution in [2.75, 3.05) is 26.2 Å². The SMILES string of the molecule is Cn1ccnc1CCNC(=O)c1ccc(OCC(=O)N2CCCCC2)cc1. The van der Waals surface area contributed by atoms with E-state index in [9.17, 15) is 9.59 Å². The number of hydrogen-bond acceptors (Lipinski definition) is 4. The lowest BCUT2D eigenvalue weighted by Crippen LogP contribution is -2.38. The Morgan fingerprint density at radius 2 is 1.89 bits per heavy atom. The third kappa shape index (κ3) is 5.32. The number of aryl methyl sites for hydroxylation is 1. The van der Waals surface area contributed by atoms with E-state index in [1.54, 1.807) is 30.5 Å². The lowest BCUT2D eigenvalue weighted by atomic mass is 10.1. The van der Waals surface area contributed by atoms with Crippen LogP contribution in [0.5, 0.6) is 5.75 Å². The van der Waals surface area contributed by atoms with Crippen LogP contribution in [0.2, 0.25) is 0 Å². The van der Waals surface area contributed by atoms with Crippen molar-refractivity contribution in [1.82, 2.24) is 19.8 Å². The fraction of sp³-hybridized carbons (Fsp3) is 0.450. The molecule has 3 rings (SSSR count). The van der Waals surface area contributed by atoms with Gasteiger partial charge in [0.2, 0.25) is 0 Å². The molecular weight excluding hydrogens is 344 g/mol. The van der Waals surface area contributed by atoms with Crippen LogP contribution in [0.15, 0.2) is 36.7 Å². The van der Waals surface area contributed by atoms with Gasteiger partial charge in [-0.25, -0.2) is 4.98 Å². The molecule has 144 valence electrons. The number of hydrogen-bond donors (Lipinski definition) is 1. The van der Waals surface area contributed by atoms with Crippen molar-refractivity contribution in [3.8, 4) is 5.75 Å². The van der Waals surface area contributed by atoms with Gasteiger partial charge in [0.15, 0.2) is 6.61 Å². The van der Waals surface area contributed by atoms with Crippen LogP contribution in [0.1, 0.15) is 35.4 Å². The predicted molar refractivity (Wildman–Crippen MR) is 102 cm³/mol. The van der Waals surface area contributed by atoms with Crippen LogP contribution in [0.3, 0.4) is 0 Å². The Bertz CT molecular complexity index is 764. The third-order valence-electron chi connectivity index (χ3n) is 4.74. The maximum atomic E-state index is 12.2. The molecule has 1 fully saturated rings. The van der Waals surface area contributed by atoms with Crippen LogP contribution in [-0.4, -0.2) is 52.5 Å². The van der Waals surface area contributed by atoms with Crippen molar-refractivity contribution in [2.45, 2.75) is 25.7 Å². The molecule has 0 atom stereocenters. The van der Waals surface area contributed by atoms with E-state index in [2.05, 4.69) is 10.3 Å². The highest BCUT2D eigenvalue weighted by atomic mass is 16.5. The van der Waals surface area contributed by atoms with Gasteiger partial charge in [-0.2, -0.15) is 0 Å². The van der Waals surface area contributed by atoms with Crippen molar-refractivity contribution in [2.24, 2.45) is 7.05 Å². The van der Waals surface area contributed by atoms with Gasteiger partial charge in [0.25, 0.3) is 11.8 Å². The number of carbonyl (C=O) groups excluding carboxylic acids is 2. The number of nitrogens with zero attached hydrogens (tertiary/aromatic N) is 3. The monoisotopic (exact) mass is 370 g/mol. The molecule has 1 saturated heterocycles. The molecule has 7 heteroatoms. The molecule has 7 nitrogen and oxygen atoms in total. The number of nitrogens with one attached hydrogen (secondary N) is 1. The number of rotatable bonds is 7. The fourth-order valence-corrected chi connectivity index (χ4v) is 3.11. The van der Waals surface area contributed by atoms with Gasteiger partial charge >= 0.3 is 0 Å². The van der Waals surface area contributed by atoms with E-state index in [1.165, 1.54) is 6.42 Å². The third-order valence-corrected chi connectivity index (χ3v) is 4.74. The van der Waals surface area contributed by atoms with Gasteiger partial charge in [-0.1, -0.05) is 0 Å². The molecular formula is C20H26N4O3. The van der Waals surface area contributed by atoms with Crippen molar-refractivity contribution < 1.29 is 14.3 Å². The van der Waals surface area contributed by atoms with Crippen LogP contribution < -0.4 is 10.1 Å². The maximum absolute atomic E-state index is 12.2. The van der Waals surface area contributed by atoms with Crippen LogP contribution in [0.25, 0.3) is 0 Å². The number of imidazole rings is 1. The quantitative estimate of drug-likeness (QED) is 0.806. The summed E-state index contributed by atoms with van der Waals surface area (Å²) in [6.07, 6.45) is 7.62. The summed E-state index contributed by atoms with van der Waals surface area (Å²) >= 11 is 0. The highest BCUT2D eigenvalue weighted by Gasteiger charge is 2.16. The molecule has 2 aromatic rings. The minimum Gasteiger partial charge on any atom is -0.484 e. The Morgan fingerprint density at radius 1 is 1.15 bits per heavy atom. The molecule has 0 radical (unpaired) electrons. The molecule has 2 amide bonds. The van der Waals surface area contributed by atoms with Gasteiger partial charge in [0.05, 0.1) is 0 Å². The first-order chi connectivity index (χ1) is 13.1. The predicted octanol–water partition coefficient (Wildman–Crippen LogP) is 1.78. The minimum absolute atomic E-state index is 0.0193. The first kappa shape index (κ1) is 18.9.